The fourth-order valence-corrected chi connectivity index (χ4v) is 1.13. The third-order valence-corrected chi connectivity index (χ3v) is 2.04. The molecule has 0 heterocycles. The molecule has 0 fully saturated rings. The summed E-state index contributed by atoms with van der Waals surface area (Å²) in [4.78, 5) is 21.3. The van der Waals surface area contributed by atoms with E-state index < -0.39 is 11.9 Å². The van der Waals surface area contributed by atoms with Crippen LogP contribution in [0.5, 0.6) is 0 Å². The minimum atomic E-state index is -1.08. The molecular weight excluding hydrogens is 210 g/mol. The van der Waals surface area contributed by atoms with Crippen LogP contribution in [-0.4, -0.2) is 22.2 Å². The second-order valence-corrected chi connectivity index (χ2v) is 3.28. The van der Waals surface area contributed by atoms with Crippen molar-refractivity contribution in [3.63, 3.8) is 0 Å². The van der Waals surface area contributed by atoms with E-state index in [0.717, 1.165) is 0 Å². The normalized spacial score (nSPS) is 11.2. The number of aromatic carboxylic acids is 1. The number of hydrogen-bond donors (Lipinski definition) is 3. The maximum absolute atomic E-state index is 10.7. The fraction of sp³-hybridized carbons (Fsp3) is 0.0909. The number of aliphatic carboxylic acids is 1. The molecule has 0 unspecified atom stereocenters. The molecule has 16 heavy (non-hydrogen) atoms. The predicted octanol–water partition coefficient (Wildman–Crippen LogP) is 1.45. The lowest BCUT2D eigenvalue weighted by molar-refractivity contribution is -0.132. The van der Waals surface area contributed by atoms with Crippen molar-refractivity contribution < 1.29 is 19.8 Å². The maximum Gasteiger partial charge on any atom is 0.335 e. The summed E-state index contributed by atoms with van der Waals surface area (Å²) < 4.78 is 0. The molecule has 0 bridgehead atoms. The second-order valence-electron chi connectivity index (χ2n) is 3.28. The summed E-state index contributed by atoms with van der Waals surface area (Å²) in [6, 6.07) is 4.14. The van der Waals surface area contributed by atoms with Crippen LogP contribution < -0.4 is 5.73 Å². The Hall–Kier alpha value is -2.30. The van der Waals surface area contributed by atoms with E-state index in [-0.39, 0.29) is 11.1 Å². The van der Waals surface area contributed by atoms with E-state index >= 15 is 0 Å². The summed E-state index contributed by atoms with van der Waals surface area (Å²) in [5, 5.41) is 17.5. The Morgan fingerprint density at radius 3 is 2.44 bits per heavy atom. The van der Waals surface area contributed by atoms with Gasteiger partial charge in [0.2, 0.25) is 0 Å². The molecule has 0 atom stereocenters. The van der Waals surface area contributed by atoms with Crippen LogP contribution in [-0.2, 0) is 4.79 Å². The molecule has 0 aliphatic carbocycles. The van der Waals surface area contributed by atoms with Gasteiger partial charge in [-0.1, -0.05) is 0 Å². The van der Waals surface area contributed by atoms with Crippen molar-refractivity contribution in [2.45, 2.75) is 6.92 Å². The molecule has 84 valence electrons. The van der Waals surface area contributed by atoms with Crippen molar-refractivity contribution in [1.82, 2.24) is 0 Å². The van der Waals surface area contributed by atoms with Crippen LogP contribution in [0.3, 0.4) is 0 Å². The van der Waals surface area contributed by atoms with Crippen LogP contribution in [0.1, 0.15) is 22.8 Å². The van der Waals surface area contributed by atoms with Gasteiger partial charge in [0, 0.05) is 11.3 Å². The van der Waals surface area contributed by atoms with Crippen molar-refractivity contribution in [3.05, 3.63) is 34.9 Å². The third kappa shape index (κ3) is 2.60. The standard InChI is InChI=1S/C11H11NO4/c1-6(10(13)14)4-8-5-7(11(15)16)2-3-9(8)12/h2-5H,12H2,1H3,(H,13,14)(H,15,16)/b6-4+. The molecule has 0 saturated heterocycles. The summed E-state index contributed by atoms with van der Waals surface area (Å²) >= 11 is 0. The van der Waals surface area contributed by atoms with Crippen LogP contribution in [0.4, 0.5) is 5.69 Å². The average Bonchev–Trinajstić information content (AvgIpc) is 2.20. The van der Waals surface area contributed by atoms with E-state index in [0.29, 0.717) is 11.3 Å². The third-order valence-electron chi connectivity index (χ3n) is 2.04. The molecule has 0 radical (unpaired) electrons. The van der Waals surface area contributed by atoms with Gasteiger partial charge in [-0.2, -0.15) is 0 Å². The SMILES string of the molecule is C/C(=C\c1cc(C(=O)O)ccc1N)C(=O)O. The van der Waals surface area contributed by atoms with Gasteiger partial charge in [0.25, 0.3) is 0 Å². The van der Waals surface area contributed by atoms with Crippen molar-refractivity contribution in [1.29, 1.82) is 0 Å². The number of nitrogens with two attached hydrogens (primary N) is 1. The van der Waals surface area contributed by atoms with Crippen LogP contribution in [0.25, 0.3) is 6.08 Å². The second kappa shape index (κ2) is 4.48. The molecule has 1 aromatic carbocycles. The van der Waals surface area contributed by atoms with E-state index in [1.165, 1.54) is 31.2 Å². The Kier molecular flexibility index (Phi) is 3.30. The number of anilines is 1. The van der Waals surface area contributed by atoms with Gasteiger partial charge in [-0.15, -0.1) is 0 Å². The smallest absolute Gasteiger partial charge is 0.335 e. The lowest BCUT2D eigenvalue weighted by Gasteiger charge is -2.03. The summed E-state index contributed by atoms with van der Waals surface area (Å²) in [5.74, 6) is -2.15. The van der Waals surface area contributed by atoms with Gasteiger partial charge in [-0.3, -0.25) is 0 Å². The average molecular weight is 221 g/mol. The first-order chi connectivity index (χ1) is 7.41. The van der Waals surface area contributed by atoms with E-state index in [4.69, 9.17) is 15.9 Å². The molecular formula is C11H11NO4. The quantitative estimate of drug-likeness (QED) is 0.529. The van der Waals surface area contributed by atoms with Crippen molar-refractivity contribution in [2.75, 3.05) is 5.73 Å². The number of carboxylic acid groups (broad SMARTS) is 2. The summed E-state index contributed by atoms with van der Waals surface area (Å²) in [7, 11) is 0. The molecule has 0 aliphatic rings. The van der Waals surface area contributed by atoms with E-state index in [9.17, 15) is 9.59 Å². The minimum absolute atomic E-state index is 0.0682. The number of carboxylic acids is 2. The zero-order valence-corrected chi connectivity index (χ0v) is 8.60. The Morgan fingerprint density at radius 1 is 1.31 bits per heavy atom. The topological polar surface area (TPSA) is 101 Å². The first-order valence-electron chi connectivity index (χ1n) is 4.46. The molecule has 0 aliphatic heterocycles. The van der Waals surface area contributed by atoms with Crippen molar-refractivity contribution in [2.24, 2.45) is 0 Å². The monoisotopic (exact) mass is 221 g/mol. The van der Waals surface area contributed by atoms with Gasteiger partial charge in [0.05, 0.1) is 5.56 Å². The summed E-state index contributed by atoms with van der Waals surface area (Å²) in [6.07, 6.45) is 1.34. The predicted molar refractivity (Wildman–Crippen MR) is 59.1 cm³/mol. The Morgan fingerprint density at radius 2 is 1.94 bits per heavy atom. The lowest BCUT2D eigenvalue weighted by Crippen LogP contribution is -2.00. The molecule has 0 aromatic heterocycles. The minimum Gasteiger partial charge on any atom is -0.478 e. The maximum atomic E-state index is 10.7. The Balaban J connectivity index is 3.23. The molecule has 5 heteroatoms. The number of rotatable bonds is 3. The van der Waals surface area contributed by atoms with Crippen LogP contribution in [0.2, 0.25) is 0 Å². The van der Waals surface area contributed by atoms with Crippen molar-refractivity contribution in [3.8, 4) is 0 Å². The van der Waals surface area contributed by atoms with Gasteiger partial charge in [-0.05, 0) is 36.8 Å². The van der Waals surface area contributed by atoms with Crippen LogP contribution in [0.15, 0.2) is 23.8 Å². The molecule has 0 saturated carbocycles. The first kappa shape index (κ1) is 11.8. The van der Waals surface area contributed by atoms with E-state index in [1.807, 2.05) is 0 Å². The van der Waals surface area contributed by atoms with E-state index in [1.54, 1.807) is 0 Å². The largest absolute Gasteiger partial charge is 0.478 e. The highest BCUT2D eigenvalue weighted by Crippen LogP contribution is 2.17. The summed E-state index contributed by atoms with van der Waals surface area (Å²) in [6.45, 7) is 1.41. The summed E-state index contributed by atoms with van der Waals surface area (Å²) in [5.41, 5.74) is 6.49. The number of carbonyl (C=O) groups is 2. The first-order valence-corrected chi connectivity index (χ1v) is 4.46. The molecule has 5 nitrogen and oxygen atoms in total. The van der Waals surface area contributed by atoms with Gasteiger partial charge < -0.3 is 15.9 Å². The van der Waals surface area contributed by atoms with E-state index in [2.05, 4.69) is 0 Å². The van der Waals surface area contributed by atoms with Gasteiger partial charge in [0.1, 0.15) is 0 Å². The number of hydrogen-bond acceptors (Lipinski definition) is 3. The van der Waals surface area contributed by atoms with Gasteiger partial charge in [-0.25, -0.2) is 9.59 Å². The number of benzene rings is 1. The van der Waals surface area contributed by atoms with Crippen molar-refractivity contribution >= 4 is 23.7 Å². The highest BCUT2D eigenvalue weighted by molar-refractivity contribution is 5.94. The van der Waals surface area contributed by atoms with Crippen LogP contribution >= 0.6 is 0 Å². The van der Waals surface area contributed by atoms with Crippen LogP contribution in [0, 0.1) is 0 Å². The molecule has 4 N–H and O–H groups in total. The highest BCUT2D eigenvalue weighted by atomic mass is 16.4. The van der Waals surface area contributed by atoms with Gasteiger partial charge in [0.15, 0.2) is 0 Å². The zero-order valence-electron chi connectivity index (χ0n) is 8.60. The molecule has 1 rings (SSSR count). The Bertz CT molecular complexity index is 477. The lowest BCUT2D eigenvalue weighted by atomic mass is 10.1. The molecule has 0 spiro atoms. The van der Waals surface area contributed by atoms with Gasteiger partial charge >= 0.3 is 11.9 Å². The highest BCUT2D eigenvalue weighted by Gasteiger charge is 2.07. The zero-order chi connectivity index (χ0) is 12.3. The number of nitrogen functional groups attached to an aromatic ring is 1. The Labute approximate surface area is 91.8 Å². The molecule has 1 aromatic rings. The molecule has 0 amide bonds. The fourth-order valence-electron chi connectivity index (χ4n) is 1.13.